The van der Waals surface area contributed by atoms with Crippen LogP contribution in [0.5, 0.6) is 5.75 Å². The lowest BCUT2D eigenvalue weighted by atomic mass is 10.2. The van der Waals surface area contributed by atoms with E-state index in [0.29, 0.717) is 6.42 Å². The van der Waals surface area contributed by atoms with Gasteiger partial charge in [0.15, 0.2) is 0 Å². The van der Waals surface area contributed by atoms with Gasteiger partial charge in [0.1, 0.15) is 5.75 Å². The van der Waals surface area contributed by atoms with Crippen LogP contribution < -0.4 is 4.74 Å². The van der Waals surface area contributed by atoms with Crippen LogP contribution in [0.2, 0.25) is 0 Å². The molecule has 1 aromatic carbocycles. The number of rotatable bonds is 5. The Morgan fingerprint density at radius 3 is 2.80 bits per heavy atom. The molecule has 3 nitrogen and oxygen atoms in total. The molecule has 0 N–H and O–H groups in total. The van der Waals surface area contributed by atoms with Gasteiger partial charge in [0.2, 0.25) is 0 Å². The zero-order valence-corrected chi connectivity index (χ0v) is 9.23. The van der Waals surface area contributed by atoms with Gasteiger partial charge in [-0.3, -0.25) is 0 Å². The fourth-order valence-electron chi connectivity index (χ4n) is 1.44. The molecule has 0 bridgehead atoms. The molecule has 0 saturated heterocycles. The van der Waals surface area contributed by atoms with Gasteiger partial charge >= 0.3 is 0 Å². The molecule has 0 atom stereocenters. The van der Waals surface area contributed by atoms with Crippen molar-refractivity contribution in [2.24, 2.45) is 0 Å². The molecule has 3 heteroatoms. The maximum Gasteiger partial charge on any atom is 0.123 e. The number of para-hydroxylation sites is 1. The van der Waals surface area contributed by atoms with Gasteiger partial charge < -0.3 is 9.64 Å². The summed E-state index contributed by atoms with van der Waals surface area (Å²) < 4.78 is 5.26. The first-order chi connectivity index (χ1) is 7.27. The molecule has 0 aliphatic rings. The van der Waals surface area contributed by atoms with E-state index in [1.165, 1.54) is 0 Å². The van der Waals surface area contributed by atoms with Crippen LogP contribution in [0, 0.1) is 11.3 Å². The maximum atomic E-state index is 8.48. The summed E-state index contributed by atoms with van der Waals surface area (Å²) in [5.41, 5.74) is 1.15. The molecule has 0 aliphatic heterocycles. The standard InChI is InChI=1S/C12H16N2O/c1-14(9-5-8-13)10-11-6-3-4-7-12(11)15-2/h3-4,6-7H,5,9-10H2,1-2H3. The smallest absolute Gasteiger partial charge is 0.123 e. The monoisotopic (exact) mass is 204 g/mol. The fourth-order valence-corrected chi connectivity index (χ4v) is 1.44. The Balaban J connectivity index is 2.59. The number of nitriles is 1. The summed E-state index contributed by atoms with van der Waals surface area (Å²) in [6.45, 7) is 1.60. The normalized spacial score (nSPS) is 10.0. The summed E-state index contributed by atoms with van der Waals surface area (Å²) in [6.07, 6.45) is 0.561. The molecule has 0 saturated carbocycles. The predicted octanol–water partition coefficient (Wildman–Crippen LogP) is 2.04. The summed E-state index contributed by atoms with van der Waals surface area (Å²) in [6, 6.07) is 10.1. The van der Waals surface area contributed by atoms with Crippen LogP contribution in [0.25, 0.3) is 0 Å². The molecule has 0 aliphatic carbocycles. The molecule has 0 heterocycles. The third kappa shape index (κ3) is 3.61. The second-order valence-electron chi connectivity index (χ2n) is 3.46. The van der Waals surface area contributed by atoms with Crippen molar-refractivity contribution in [3.8, 4) is 11.8 Å². The summed E-state index contributed by atoms with van der Waals surface area (Å²) >= 11 is 0. The Hall–Kier alpha value is -1.53. The number of ether oxygens (including phenoxy) is 1. The van der Waals surface area contributed by atoms with Crippen molar-refractivity contribution in [1.29, 1.82) is 5.26 Å². The van der Waals surface area contributed by atoms with E-state index in [4.69, 9.17) is 10.00 Å². The van der Waals surface area contributed by atoms with E-state index in [0.717, 1.165) is 24.4 Å². The largest absolute Gasteiger partial charge is 0.496 e. The first-order valence-electron chi connectivity index (χ1n) is 4.95. The van der Waals surface area contributed by atoms with Crippen molar-refractivity contribution >= 4 is 0 Å². The minimum atomic E-state index is 0.561. The second-order valence-corrected chi connectivity index (χ2v) is 3.46. The number of methoxy groups -OCH3 is 1. The predicted molar refractivity (Wildman–Crippen MR) is 59.6 cm³/mol. The van der Waals surface area contributed by atoms with Gasteiger partial charge in [-0.05, 0) is 13.1 Å². The molecule has 0 radical (unpaired) electrons. The van der Waals surface area contributed by atoms with Crippen molar-refractivity contribution in [3.05, 3.63) is 29.8 Å². The highest BCUT2D eigenvalue weighted by Crippen LogP contribution is 2.18. The molecule has 0 unspecified atom stereocenters. The minimum absolute atomic E-state index is 0.561. The van der Waals surface area contributed by atoms with Gasteiger partial charge in [0.25, 0.3) is 0 Å². The van der Waals surface area contributed by atoms with Crippen LogP contribution in [-0.4, -0.2) is 25.6 Å². The Morgan fingerprint density at radius 1 is 1.40 bits per heavy atom. The summed E-state index contributed by atoms with van der Waals surface area (Å²) in [5, 5.41) is 8.48. The van der Waals surface area contributed by atoms with Crippen molar-refractivity contribution in [2.45, 2.75) is 13.0 Å². The average molecular weight is 204 g/mol. The number of nitrogens with zero attached hydrogens (tertiary/aromatic N) is 2. The van der Waals surface area contributed by atoms with E-state index < -0.39 is 0 Å². The Morgan fingerprint density at radius 2 is 2.13 bits per heavy atom. The Bertz CT molecular complexity index is 344. The molecular formula is C12H16N2O. The first-order valence-corrected chi connectivity index (χ1v) is 4.95. The van der Waals surface area contributed by atoms with Crippen molar-refractivity contribution in [1.82, 2.24) is 4.90 Å². The SMILES string of the molecule is COc1ccccc1CN(C)CCC#N. The molecular weight excluding hydrogens is 188 g/mol. The lowest BCUT2D eigenvalue weighted by Gasteiger charge is -2.16. The molecule has 0 aromatic heterocycles. The van der Waals surface area contributed by atoms with Gasteiger partial charge in [-0.1, -0.05) is 18.2 Å². The molecule has 1 rings (SSSR count). The Labute approximate surface area is 90.9 Å². The second kappa shape index (κ2) is 6.05. The summed E-state index contributed by atoms with van der Waals surface area (Å²) in [5.74, 6) is 0.904. The van der Waals surface area contributed by atoms with Crippen LogP contribution in [0.15, 0.2) is 24.3 Å². The molecule has 1 aromatic rings. The quantitative estimate of drug-likeness (QED) is 0.736. The van der Waals surface area contributed by atoms with Gasteiger partial charge in [-0.2, -0.15) is 5.26 Å². The molecule has 15 heavy (non-hydrogen) atoms. The van der Waals surface area contributed by atoms with E-state index in [-0.39, 0.29) is 0 Å². The average Bonchev–Trinajstić information content (AvgIpc) is 2.27. The van der Waals surface area contributed by atoms with Gasteiger partial charge in [-0.25, -0.2) is 0 Å². The van der Waals surface area contributed by atoms with Gasteiger partial charge in [-0.15, -0.1) is 0 Å². The summed E-state index contributed by atoms with van der Waals surface area (Å²) in [7, 11) is 3.68. The maximum absolute atomic E-state index is 8.48. The highest BCUT2D eigenvalue weighted by molar-refractivity contribution is 5.32. The fraction of sp³-hybridized carbons (Fsp3) is 0.417. The minimum Gasteiger partial charge on any atom is -0.496 e. The lowest BCUT2D eigenvalue weighted by molar-refractivity contribution is 0.324. The molecule has 0 amide bonds. The van der Waals surface area contributed by atoms with E-state index in [1.54, 1.807) is 7.11 Å². The van der Waals surface area contributed by atoms with E-state index in [1.807, 2.05) is 31.3 Å². The number of hydrogen-bond donors (Lipinski definition) is 0. The van der Waals surface area contributed by atoms with Gasteiger partial charge in [0, 0.05) is 25.1 Å². The first kappa shape index (κ1) is 11.5. The van der Waals surface area contributed by atoms with Crippen LogP contribution in [0.4, 0.5) is 0 Å². The lowest BCUT2D eigenvalue weighted by Crippen LogP contribution is -2.19. The third-order valence-corrected chi connectivity index (χ3v) is 2.24. The zero-order chi connectivity index (χ0) is 11.1. The Kier molecular flexibility index (Phi) is 4.65. The van der Waals surface area contributed by atoms with Crippen LogP contribution in [-0.2, 0) is 6.54 Å². The van der Waals surface area contributed by atoms with E-state index in [2.05, 4.69) is 11.0 Å². The molecule has 0 fully saturated rings. The summed E-state index contributed by atoms with van der Waals surface area (Å²) in [4.78, 5) is 2.11. The van der Waals surface area contributed by atoms with Crippen LogP contribution >= 0.6 is 0 Å². The number of hydrogen-bond acceptors (Lipinski definition) is 3. The number of benzene rings is 1. The van der Waals surface area contributed by atoms with Gasteiger partial charge in [0.05, 0.1) is 13.2 Å². The highest BCUT2D eigenvalue weighted by atomic mass is 16.5. The highest BCUT2D eigenvalue weighted by Gasteiger charge is 2.04. The van der Waals surface area contributed by atoms with Crippen molar-refractivity contribution in [3.63, 3.8) is 0 Å². The van der Waals surface area contributed by atoms with Crippen molar-refractivity contribution in [2.75, 3.05) is 20.7 Å². The third-order valence-electron chi connectivity index (χ3n) is 2.24. The molecule has 0 spiro atoms. The van der Waals surface area contributed by atoms with E-state index >= 15 is 0 Å². The van der Waals surface area contributed by atoms with Crippen LogP contribution in [0.1, 0.15) is 12.0 Å². The van der Waals surface area contributed by atoms with Crippen molar-refractivity contribution < 1.29 is 4.74 Å². The molecule has 80 valence electrons. The van der Waals surface area contributed by atoms with E-state index in [9.17, 15) is 0 Å². The zero-order valence-electron chi connectivity index (χ0n) is 9.23. The van der Waals surface area contributed by atoms with Crippen LogP contribution in [0.3, 0.4) is 0 Å². The topological polar surface area (TPSA) is 36.3 Å².